The molecule has 0 atom stereocenters. The van der Waals surface area contributed by atoms with Crippen molar-refractivity contribution in [1.82, 2.24) is 14.9 Å². The number of benzene rings is 2. The highest BCUT2D eigenvalue weighted by atomic mass is 16.3. The van der Waals surface area contributed by atoms with E-state index in [1.807, 2.05) is 18.2 Å². The first-order valence-corrected chi connectivity index (χ1v) is 10.9. The zero-order valence-corrected chi connectivity index (χ0v) is 17.4. The van der Waals surface area contributed by atoms with Crippen LogP contribution in [-0.2, 0) is 19.5 Å². The van der Waals surface area contributed by atoms with E-state index in [1.165, 1.54) is 0 Å². The molecule has 1 aromatic heterocycles. The molecule has 0 bridgehead atoms. The summed E-state index contributed by atoms with van der Waals surface area (Å²) in [5.41, 5.74) is 2.62. The van der Waals surface area contributed by atoms with Gasteiger partial charge < -0.3 is 10.0 Å². The lowest BCUT2D eigenvalue weighted by Crippen LogP contribution is -2.39. The lowest BCUT2D eigenvalue weighted by molar-refractivity contribution is 0.238. The topological polar surface area (TPSA) is 72.5 Å². The molecule has 0 radical (unpaired) electrons. The second-order valence-electron chi connectivity index (χ2n) is 8.73. The van der Waals surface area contributed by atoms with Gasteiger partial charge in [-0.1, -0.05) is 37.3 Å². The molecular weight excluding hydrogens is 376 g/mol. The number of piperidine rings is 1. The number of fused-ring (bicyclic) bond motifs is 2. The Labute approximate surface area is 176 Å². The number of nitrogens with one attached hydrogen (secondary N) is 1. The van der Waals surface area contributed by atoms with Gasteiger partial charge in [0.05, 0.1) is 5.69 Å². The molecule has 0 unspecified atom stereocenters. The molecule has 6 heteroatoms. The van der Waals surface area contributed by atoms with E-state index in [-0.39, 0.29) is 5.56 Å². The van der Waals surface area contributed by atoms with Crippen LogP contribution in [0.5, 0.6) is 5.75 Å². The van der Waals surface area contributed by atoms with Crippen LogP contribution in [0.15, 0.2) is 41.2 Å². The molecule has 0 aliphatic carbocycles. The number of aromatic nitrogens is 2. The molecule has 5 rings (SSSR count). The molecular formula is C24H28N4O2. The van der Waals surface area contributed by atoms with Crippen molar-refractivity contribution in [3.63, 3.8) is 0 Å². The largest absolute Gasteiger partial charge is 0.508 e. The predicted molar refractivity (Wildman–Crippen MR) is 119 cm³/mol. The average molecular weight is 405 g/mol. The summed E-state index contributed by atoms with van der Waals surface area (Å²) in [6, 6.07) is 11.9. The molecule has 6 nitrogen and oxygen atoms in total. The summed E-state index contributed by atoms with van der Waals surface area (Å²) in [5.74, 6) is 1.76. The normalized spacial score (nSPS) is 18.0. The molecule has 0 spiro atoms. The number of hydrogen-bond donors (Lipinski definition) is 2. The summed E-state index contributed by atoms with van der Waals surface area (Å²) in [6.07, 6.45) is 2.95. The number of aromatic amines is 1. The van der Waals surface area contributed by atoms with E-state index in [0.29, 0.717) is 31.2 Å². The minimum atomic E-state index is 0.00119. The van der Waals surface area contributed by atoms with Gasteiger partial charge in [0, 0.05) is 43.9 Å². The SMILES string of the molecule is CC1CCN(c2nc3c(c(=O)[nH]2)CCN(Cc2c(O)ccc4ccccc24)C3)CC1. The molecule has 3 heterocycles. The van der Waals surface area contributed by atoms with Gasteiger partial charge in [0.2, 0.25) is 5.95 Å². The van der Waals surface area contributed by atoms with Gasteiger partial charge in [-0.05, 0) is 42.0 Å². The van der Waals surface area contributed by atoms with Crippen LogP contribution in [0.25, 0.3) is 10.8 Å². The smallest absolute Gasteiger partial charge is 0.255 e. The minimum absolute atomic E-state index is 0.00119. The number of aromatic hydroxyl groups is 1. The van der Waals surface area contributed by atoms with Crippen molar-refractivity contribution in [1.29, 1.82) is 0 Å². The third-order valence-electron chi connectivity index (χ3n) is 6.62. The highest BCUT2D eigenvalue weighted by Gasteiger charge is 2.25. The molecule has 2 aromatic carbocycles. The molecule has 156 valence electrons. The van der Waals surface area contributed by atoms with Crippen LogP contribution in [0, 0.1) is 5.92 Å². The van der Waals surface area contributed by atoms with Crippen LogP contribution in [0.4, 0.5) is 5.95 Å². The summed E-state index contributed by atoms with van der Waals surface area (Å²) in [4.78, 5) is 25.1. The van der Waals surface area contributed by atoms with Crippen molar-refractivity contribution in [2.24, 2.45) is 5.92 Å². The number of phenolic OH excluding ortho intramolecular Hbond substituents is 1. The van der Waals surface area contributed by atoms with Crippen molar-refractivity contribution in [3.05, 3.63) is 63.6 Å². The van der Waals surface area contributed by atoms with Crippen LogP contribution >= 0.6 is 0 Å². The van der Waals surface area contributed by atoms with Crippen molar-refractivity contribution >= 4 is 16.7 Å². The molecule has 0 amide bonds. The number of anilines is 1. The van der Waals surface area contributed by atoms with Crippen molar-refractivity contribution in [3.8, 4) is 5.75 Å². The summed E-state index contributed by atoms with van der Waals surface area (Å²) in [7, 11) is 0. The van der Waals surface area contributed by atoms with Crippen LogP contribution < -0.4 is 10.5 Å². The van der Waals surface area contributed by atoms with E-state index in [4.69, 9.17) is 4.98 Å². The molecule has 3 aromatic rings. The molecule has 0 saturated carbocycles. The fourth-order valence-electron chi connectivity index (χ4n) is 4.70. The van der Waals surface area contributed by atoms with E-state index in [9.17, 15) is 9.90 Å². The third kappa shape index (κ3) is 3.56. The van der Waals surface area contributed by atoms with Crippen molar-refractivity contribution < 1.29 is 5.11 Å². The quantitative estimate of drug-likeness (QED) is 0.700. The zero-order chi connectivity index (χ0) is 20.7. The van der Waals surface area contributed by atoms with Gasteiger partial charge in [-0.25, -0.2) is 4.98 Å². The highest BCUT2D eigenvalue weighted by molar-refractivity contribution is 5.87. The number of phenols is 1. The number of rotatable bonds is 3. The van der Waals surface area contributed by atoms with Crippen LogP contribution in [0.3, 0.4) is 0 Å². The van der Waals surface area contributed by atoms with Gasteiger partial charge in [-0.2, -0.15) is 0 Å². The predicted octanol–water partition coefficient (Wildman–Crippen LogP) is 3.42. The van der Waals surface area contributed by atoms with Crippen molar-refractivity contribution in [2.45, 2.75) is 39.3 Å². The number of H-pyrrole nitrogens is 1. The maximum absolute atomic E-state index is 12.7. The Balaban J connectivity index is 1.41. The first-order valence-electron chi connectivity index (χ1n) is 10.9. The van der Waals surface area contributed by atoms with Crippen LogP contribution in [0.2, 0.25) is 0 Å². The van der Waals surface area contributed by atoms with E-state index < -0.39 is 0 Å². The first kappa shape index (κ1) is 19.1. The lowest BCUT2D eigenvalue weighted by Gasteiger charge is -2.32. The lowest BCUT2D eigenvalue weighted by atomic mass is 9.99. The Bertz CT molecular complexity index is 1130. The maximum Gasteiger partial charge on any atom is 0.255 e. The number of hydrogen-bond acceptors (Lipinski definition) is 5. The summed E-state index contributed by atoms with van der Waals surface area (Å²) in [6.45, 7) is 6.20. The second-order valence-corrected chi connectivity index (χ2v) is 8.73. The van der Waals surface area contributed by atoms with E-state index in [2.05, 4.69) is 33.8 Å². The van der Waals surface area contributed by atoms with Gasteiger partial charge >= 0.3 is 0 Å². The Morgan fingerprint density at radius 2 is 1.93 bits per heavy atom. The zero-order valence-electron chi connectivity index (χ0n) is 17.4. The van der Waals surface area contributed by atoms with E-state index >= 15 is 0 Å². The fourth-order valence-corrected chi connectivity index (χ4v) is 4.70. The van der Waals surface area contributed by atoms with Crippen LogP contribution in [0.1, 0.15) is 36.6 Å². The third-order valence-corrected chi connectivity index (χ3v) is 6.62. The van der Waals surface area contributed by atoms with Crippen molar-refractivity contribution in [2.75, 3.05) is 24.5 Å². The average Bonchev–Trinajstić information content (AvgIpc) is 2.76. The van der Waals surface area contributed by atoms with E-state index in [1.54, 1.807) is 6.07 Å². The Morgan fingerprint density at radius 3 is 2.77 bits per heavy atom. The fraction of sp³-hybridized carbons (Fsp3) is 0.417. The molecule has 1 fully saturated rings. The Morgan fingerprint density at radius 1 is 1.13 bits per heavy atom. The summed E-state index contributed by atoms with van der Waals surface area (Å²) < 4.78 is 0. The van der Waals surface area contributed by atoms with Gasteiger partial charge in [0.25, 0.3) is 5.56 Å². The van der Waals surface area contributed by atoms with Gasteiger partial charge in [-0.15, -0.1) is 0 Å². The number of nitrogens with zero attached hydrogens (tertiary/aromatic N) is 3. The molecule has 1 saturated heterocycles. The molecule has 2 aliphatic rings. The second kappa shape index (κ2) is 7.76. The highest BCUT2D eigenvalue weighted by Crippen LogP contribution is 2.30. The van der Waals surface area contributed by atoms with Gasteiger partial charge in [0.15, 0.2) is 0 Å². The molecule has 2 N–H and O–H groups in total. The Kier molecular flexibility index (Phi) is 4.95. The Hall–Kier alpha value is -2.86. The molecule has 2 aliphatic heterocycles. The first-order chi connectivity index (χ1) is 14.6. The van der Waals surface area contributed by atoms with Gasteiger partial charge in [0.1, 0.15) is 5.75 Å². The van der Waals surface area contributed by atoms with Gasteiger partial charge in [-0.3, -0.25) is 14.7 Å². The van der Waals surface area contributed by atoms with Crippen LogP contribution in [-0.4, -0.2) is 39.6 Å². The standard InChI is InChI=1S/C24H28N4O2/c1-16-8-12-28(13-9-16)24-25-21-15-27(11-10-19(21)23(30)26-24)14-20-18-5-3-2-4-17(18)6-7-22(20)29/h2-7,16,29H,8-15H2,1H3,(H,25,26,30). The summed E-state index contributed by atoms with van der Waals surface area (Å²) >= 11 is 0. The maximum atomic E-state index is 12.7. The van der Waals surface area contributed by atoms with E-state index in [0.717, 1.165) is 66.0 Å². The molecule has 30 heavy (non-hydrogen) atoms. The summed E-state index contributed by atoms with van der Waals surface area (Å²) in [5, 5.41) is 12.7. The monoisotopic (exact) mass is 404 g/mol. The minimum Gasteiger partial charge on any atom is -0.508 e.